The molecule has 1 saturated heterocycles. The molecular weight excluding hydrogens is 347 g/mol. The maximum Gasteiger partial charge on any atom is 0.344 e. The van der Waals surface area contributed by atoms with Crippen molar-refractivity contribution in [3.05, 3.63) is 58.7 Å². The van der Waals surface area contributed by atoms with Gasteiger partial charge in [0, 0.05) is 36.9 Å². The van der Waals surface area contributed by atoms with Gasteiger partial charge in [-0.05, 0) is 48.7 Å². The number of benzene rings is 2. The van der Waals surface area contributed by atoms with E-state index < -0.39 is 11.4 Å². The fourth-order valence-electron chi connectivity index (χ4n) is 3.49. The number of halogens is 1. The molecule has 1 aliphatic heterocycles. The number of fused-ring (bicyclic) bond motifs is 1. The van der Waals surface area contributed by atoms with E-state index in [9.17, 15) is 9.18 Å². The number of rotatable bonds is 3. The van der Waals surface area contributed by atoms with Crippen LogP contribution in [0.1, 0.15) is 6.92 Å². The molecule has 0 amide bonds. The first kappa shape index (κ1) is 17.5. The molecule has 1 unspecified atom stereocenters. The van der Waals surface area contributed by atoms with E-state index in [1.165, 1.54) is 19.2 Å². The van der Waals surface area contributed by atoms with E-state index in [0.717, 1.165) is 30.7 Å². The minimum atomic E-state index is -0.459. The summed E-state index contributed by atoms with van der Waals surface area (Å²) < 4.78 is 24.2. The Labute approximate surface area is 156 Å². The number of ether oxygens (including phenoxy) is 1. The lowest BCUT2D eigenvalue weighted by molar-refractivity contribution is 0.386. The minimum Gasteiger partial charge on any atom is -0.494 e. The topological polar surface area (TPSA) is 54.7 Å². The summed E-state index contributed by atoms with van der Waals surface area (Å²) in [5, 5.41) is 4.74. The van der Waals surface area contributed by atoms with Crippen LogP contribution in [0.5, 0.6) is 5.75 Å². The molecule has 0 radical (unpaired) electrons. The van der Waals surface area contributed by atoms with Gasteiger partial charge in [0.25, 0.3) is 0 Å². The molecular formula is C21H21FN2O3. The molecule has 2 heterocycles. The zero-order valence-electron chi connectivity index (χ0n) is 15.3. The second kappa shape index (κ2) is 7.04. The summed E-state index contributed by atoms with van der Waals surface area (Å²) in [5.41, 5.74) is 1.20. The van der Waals surface area contributed by atoms with Crippen molar-refractivity contribution in [3.63, 3.8) is 0 Å². The Balaban J connectivity index is 1.74. The number of nitrogens with one attached hydrogen (secondary N) is 1. The summed E-state index contributed by atoms with van der Waals surface area (Å²) in [6, 6.07) is 12.4. The summed E-state index contributed by atoms with van der Waals surface area (Å²) >= 11 is 0. The Morgan fingerprint density at radius 1 is 1.22 bits per heavy atom. The van der Waals surface area contributed by atoms with Gasteiger partial charge in [0.05, 0.1) is 12.5 Å². The van der Waals surface area contributed by atoms with Crippen molar-refractivity contribution in [2.75, 3.05) is 31.6 Å². The normalized spacial score (nSPS) is 17.3. The number of methoxy groups -OCH3 is 1. The highest BCUT2D eigenvalue weighted by Crippen LogP contribution is 2.29. The number of hydrogen-bond donors (Lipinski definition) is 1. The van der Waals surface area contributed by atoms with E-state index in [4.69, 9.17) is 9.15 Å². The second-order valence-corrected chi connectivity index (χ2v) is 6.82. The number of piperazine rings is 1. The lowest BCUT2D eigenvalue weighted by Gasteiger charge is -2.33. The standard InChI is InChI=1S/C21H21FN2O3/c1-13-12-24(8-7-23-13)16-5-3-14-9-19(27-21(25)17(14)11-16)15-4-6-18(22)20(10-15)26-2/h3-6,9-11,13,23H,7-8,12H2,1-2H3. The smallest absolute Gasteiger partial charge is 0.344 e. The maximum absolute atomic E-state index is 13.6. The third-order valence-corrected chi connectivity index (χ3v) is 4.92. The van der Waals surface area contributed by atoms with Gasteiger partial charge in [0.2, 0.25) is 0 Å². The molecule has 0 saturated carbocycles. The predicted octanol–water partition coefficient (Wildman–Crippen LogP) is 3.41. The molecule has 6 heteroatoms. The first-order chi connectivity index (χ1) is 13.0. The van der Waals surface area contributed by atoms with E-state index in [-0.39, 0.29) is 5.75 Å². The molecule has 0 spiro atoms. The zero-order valence-corrected chi connectivity index (χ0v) is 15.3. The van der Waals surface area contributed by atoms with E-state index in [1.54, 1.807) is 12.1 Å². The lowest BCUT2D eigenvalue weighted by Crippen LogP contribution is -2.49. The van der Waals surface area contributed by atoms with Gasteiger partial charge in [0.1, 0.15) is 5.76 Å². The summed E-state index contributed by atoms with van der Waals surface area (Å²) in [5.74, 6) is 0.0343. The number of nitrogens with zero attached hydrogens (tertiary/aromatic N) is 1. The van der Waals surface area contributed by atoms with Crippen LogP contribution in [0.2, 0.25) is 0 Å². The van der Waals surface area contributed by atoms with E-state index in [1.807, 2.05) is 18.2 Å². The van der Waals surface area contributed by atoms with Gasteiger partial charge in [-0.2, -0.15) is 0 Å². The predicted molar refractivity (Wildman–Crippen MR) is 104 cm³/mol. The van der Waals surface area contributed by atoms with Crippen molar-refractivity contribution in [1.82, 2.24) is 5.32 Å². The van der Waals surface area contributed by atoms with Crippen LogP contribution in [0, 0.1) is 5.82 Å². The highest BCUT2D eigenvalue weighted by atomic mass is 19.1. The molecule has 1 aromatic heterocycles. The van der Waals surface area contributed by atoms with Crippen LogP contribution >= 0.6 is 0 Å². The van der Waals surface area contributed by atoms with Crippen LogP contribution in [0.3, 0.4) is 0 Å². The highest BCUT2D eigenvalue weighted by Gasteiger charge is 2.17. The molecule has 1 atom stereocenters. The van der Waals surface area contributed by atoms with Gasteiger partial charge in [0.15, 0.2) is 11.6 Å². The molecule has 0 bridgehead atoms. The largest absolute Gasteiger partial charge is 0.494 e. The summed E-state index contributed by atoms with van der Waals surface area (Å²) in [7, 11) is 1.40. The molecule has 2 aromatic carbocycles. The van der Waals surface area contributed by atoms with Crippen molar-refractivity contribution in [2.45, 2.75) is 13.0 Å². The fourth-order valence-corrected chi connectivity index (χ4v) is 3.49. The third-order valence-electron chi connectivity index (χ3n) is 4.92. The molecule has 1 N–H and O–H groups in total. The van der Waals surface area contributed by atoms with Crippen LogP contribution in [-0.4, -0.2) is 32.8 Å². The Hall–Kier alpha value is -2.86. The Morgan fingerprint density at radius 2 is 2.07 bits per heavy atom. The fraction of sp³-hybridized carbons (Fsp3) is 0.286. The molecule has 1 fully saturated rings. The highest BCUT2D eigenvalue weighted by molar-refractivity contribution is 5.87. The van der Waals surface area contributed by atoms with Crippen LogP contribution in [0.15, 0.2) is 51.7 Å². The van der Waals surface area contributed by atoms with E-state index in [2.05, 4.69) is 17.1 Å². The molecule has 4 rings (SSSR count). The van der Waals surface area contributed by atoms with Crippen LogP contribution in [-0.2, 0) is 0 Å². The maximum atomic E-state index is 13.6. The Morgan fingerprint density at radius 3 is 2.85 bits per heavy atom. The third kappa shape index (κ3) is 3.40. The van der Waals surface area contributed by atoms with E-state index in [0.29, 0.717) is 22.8 Å². The van der Waals surface area contributed by atoms with Crippen LogP contribution < -0.4 is 20.6 Å². The Kier molecular flexibility index (Phi) is 4.58. The van der Waals surface area contributed by atoms with Crippen molar-refractivity contribution >= 4 is 16.5 Å². The zero-order chi connectivity index (χ0) is 19.0. The first-order valence-electron chi connectivity index (χ1n) is 8.95. The molecule has 27 heavy (non-hydrogen) atoms. The molecule has 1 aliphatic rings. The summed E-state index contributed by atoms with van der Waals surface area (Å²) in [4.78, 5) is 14.9. The van der Waals surface area contributed by atoms with Gasteiger partial charge in [-0.15, -0.1) is 0 Å². The van der Waals surface area contributed by atoms with Crippen LogP contribution in [0.25, 0.3) is 22.1 Å². The van der Waals surface area contributed by atoms with Gasteiger partial charge < -0.3 is 19.4 Å². The van der Waals surface area contributed by atoms with Gasteiger partial charge >= 0.3 is 5.63 Å². The lowest BCUT2D eigenvalue weighted by atomic mass is 10.1. The SMILES string of the molecule is COc1cc(-c2cc3ccc(N4CCNC(C)C4)cc3c(=O)o2)ccc1F. The van der Waals surface area contributed by atoms with E-state index >= 15 is 0 Å². The summed E-state index contributed by atoms with van der Waals surface area (Å²) in [6.07, 6.45) is 0. The average molecular weight is 368 g/mol. The van der Waals surface area contributed by atoms with Gasteiger partial charge in [-0.3, -0.25) is 0 Å². The average Bonchev–Trinajstić information content (AvgIpc) is 2.68. The Bertz CT molecular complexity index is 1050. The molecule has 0 aliphatic carbocycles. The number of hydrogen-bond acceptors (Lipinski definition) is 5. The van der Waals surface area contributed by atoms with Crippen LogP contribution in [0.4, 0.5) is 10.1 Å². The van der Waals surface area contributed by atoms with Gasteiger partial charge in [-0.1, -0.05) is 6.07 Å². The second-order valence-electron chi connectivity index (χ2n) is 6.82. The van der Waals surface area contributed by atoms with Crippen molar-refractivity contribution in [3.8, 4) is 17.1 Å². The molecule has 5 nitrogen and oxygen atoms in total. The number of anilines is 1. The summed E-state index contributed by atoms with van der Waals surface area (Å²) in [6.45, 7) is 4.85. The molecule has 3 aromatic rings. The quantitative estimate of drug-likeness (QED) is 0.768. The van der Waals surface area contributed by atoms with Crippen molar-refractivity contribution in [1.29, 1.82) is 0 Å². The monoisotopic (exact) mass is 368 g/mol. The van der Waals surface area contributed by atoms with Crippen molar-refractivity contribution < 1.29 is 13.5 Å². The first-order valence-corrected chi connectivity index (χ1v) is 8.95. The van der Waals surface area contributed by atoms with Crippen molar-refractivity contribution in [2.24, 2.45) is 0 Å². The van der Waals surface area contributed by atoms with Gasteiger partial charge in [-0.25, -0.2) is 9.18 Å². The molecule has 140 valence electrons. The minimum absolute atomic E-state index is 0.110.